The summed E-state index contributed by atoms with van der Waals surface area (Å²) < 4.78 is 48.3. The first-order chi connectivity index (χ1) is 27.1. The zero-order chi connectivity index (χ0) is 38.9. The summed E-state index contributed by atoms with van der Waals surface area (Å²) in [6.45, 7) is 9.93. The molecule has 4 aliphatic rings. The van der Waals surface area contributed by atoms with Crippen molar-refractivity contribution < 1.29 is 27.8 Å². The van der Waals surface area contributed by atoms with Gasteiger partial charge in [0.15, 0.2) is 0 Å². The van der Waals surface area contributed by atoms with Crippen molar-refractivity contribution in [1.29, 1.82) is 0 Å². The SMILES string of the molecule is CCC(C)N1C=NC(c2ccc(N3CCN(c4ccc(OCC5COC(CC6(C)N=Nc7ccccc76)(c6ccc(F)cc6F)O5)cc4)CC3)cc2)CCC1=O. The van der Waals surface area contributed by atoms with Gasteiger partial charge in [0, 0.05) is 73.6 Å². The first-order valence-electron chi connectivity index (χ1n) is 19.6. The fraction of sp³-hybridized carbons (Fsp3) is 0.409. The van der Waals surface area contributed by atoms with E-state index < -0.39 is 29.1 Å². The van der Waals surface area contributed by atoms with Crippen molar-refractivity contribution in [3.05, 3.63) is 119 Å². The number of piperazine rings is 1. The van der Waals surface area contributed by atoms with Crippen LogP contribution in [0.5, 0.6) is 5.75 Å². The zero-order valence-electron chi connectivity index (χ0n) is 32.1. The number of azo groups is 1. The van der Waals surface area contributed by atoms with Gasteiger partial charge in [0.05, 0.1) is 24.7 Å². The molecule has 0 spiro atoms. The van der Waals surface area contributed by atoms with E-state index in [9.17, 15) is 9.18 Å². The van der Waals surface area contributed by atoms with Gasteiger partial charge in [-0.2, -0.15) is 10.2 Å². The fourth-order valence-electron chi connectivity index (χ4n) is 8.15. The molecule has 5 atom stereocenters. The molecule has 4 aromatic rings. The Bertz CT molecular complexity index is 2090. The number of fused-ring (bicyclic) bond motifs is 1. The Morgan fingerprint density at radius 1 is 0.911 bits per heavy atom. The largest absolute Gasteiger partial charge is 0.491 e. The molecule has 5 unspecified atom stereocenters. The molecule has 4 heterocycles. The zero-order valence-corrected chi connectivity index (χ0v) is 32.1. The number of anilines is 2. The van der Waals surface area contributed by atoms with Gasteiger partial charge in [-0.1, -0.05) is 37.3 Å². The Balaban J connectivity index is 0.857. The summed E-state index contributed by atoms with van der Waals surface area (Å²) in [6.07, 6.45) is 3.49. The van der Waals surface area contributed by atoms with Crippen molar-refractivity contribution in [2.75, 3.05) is 49.2 Å². The Morgan fingerprint density at radius 2 is 1.61 bits per heavy atom. The van der Waals surface area contributed by atoms with E-state index in [4.69, 9.17) is 19.2 Å². The summed E-state index contributed by atoms with van der Waals surface area (Å²) in [5.74, 6) is -2.12. The number of rotatable bonds is 11. The highest BCUT2D eigenvalue weighted by Crippen LogP contribution is 2.51. The summed E-state index contributed by atoms with van der Waals surface area (Å²) >= 11 is 0. The molecule has 0 bridgehead atoms. The minimum Gasteiger partial charge on any atom is -0.491 e. The van der Waals surface area contributed by atoms with E-state index in [1.165, 1.54) is 17.8 Å². The number of aliphatic imine (C=N–C) groups is 1. The summed E-state index contributed by atoms with van der Waals surface area (Å²) in [5, 5.41) is 8.91. The molecule has 0 saturated carbocycles. The standard InChI is InChI=1S/C44H48F2N6O4/c1-4-30(2)52-29-47-40(19-20-42(52)53)31-9-12-33(13-10-31)50-21-23-51(24-22-50)34-14-16-35(17-15-34)54-26-36-27-55-44(56-36,37-18-11-32(45)25-39(37)46)28-43(3)38-7-5-6-8-41(38)48-49-43/h5-18,25,29-30,36,40H,4,19-24,26-28H2,1-3H3. The average Bonchev–Trinajstić information content (AvgIpc) is 3.71. The van der Waals surface area contributed by atoms with Gasteiger partial charge in [-0.15, -0.1) is 0 Å². The third kappa shape index (κ3) is 7.64. The van der Waals surface area contributed by atoms with Crippen LogP contribution in [0.3, 0.4) is 0 Å². The van der Waals surface area contributed by atoms with Crippen LogP contribution in [0.1, 0.15) is 69.2 Å². The van der Waals surface area contributed by atoms with Gasteiger partial charge in [0.2, 0.25) is 11.7 Å². The van der Waals surface area contributed by atoms with Crippen molar-refractivity contribution in [3.63, 3.8) is 0 Å². The molecule has 10 nitrogen and oxygen atoms in total. The molecule has 8 rings (SSSR count). The Hall–Kier alpha value is -5.20. The maximum Gasteiger partial charge on any atom is 0.228 e. The van der Waals surface area contributed by atoms with Crippen LogP contribution in [-0.2, 0) is 25.6 Å². The van der Waals surface area contributed by atoms with Gasteiger partial charge in [-0.3, -0.25) is 9.79 Å². The van der Waals surface area contributed by atoms with E-state index in [0.29, 0.717) is 12.2 Å². The van der Waals surface area contributed by atoms with Crippen molar-refractivity contribution in [1.82, 2.24) is 4.90 Å². The van der Waals surface area contributed by atoms with Crippen molar-refractivity contribution in [2.24, 2.45) is 15.2 Å². The van der Waals surface area contributed by atoms with Gasteiger partial charge in [0.1, 0.15) is 35.6 Å². The third-order valence-electron chi connectivity index (χ3n) is 11.6. The van der Waals surface area contributed by atoms with Gasteiger partial charge in [0.25, 0.3) is 0 Å². The number of hydrogen-bond acceptors (Lipinski definition) is 9. The predicted molar refractivity (Wildman–Crippen MR) is 212 cm³/mol. The maximum absolute atomic E-state index is 15.4. The lowest BCUT2D eigenvalue weighted by atomic mass is 9.83. The average molecular weight is 763 g/mol. The lowest BCUT2D eigenvalue weighted by Crippen LogP contribution is -2.46. The van der Waals surface area contributed by atoms with E-state index in [0.717, 1.165) is 67.6 Å². The maximum atomic E-state index is 15.4. The smallest absolute Gasteiger partial charge is 0.228 e. The molecule has 56 heavy (non-hydrogen) atoms. The number of carbonyl (C=O) groups is 1. The quantitative estimate of drug-likeness (QED) is 0.152. The lowest BCUT2D eigenvalue weighted by molar-refractivity contribution is -0.195. The molecule has 2 fully saturated rings. The van der Waals surface area contributed by atoms with Gasteiger partial charge >= 0.3 is 0 Å². The molecular weight excluding hydrogens is 715 g/mol. The number of halogens is 2. The molecule has 0 aliphatic carbocycles. The Morgan fingerprint density at radius 3 is 2.30 bits per heavy atom. The Kier molecular flexibility index (Phi) is 10.6. The van der Waals surface area contributed by atoms with Crippen LogP contribution < -0.4 is 14.5 Å². The minimum atomic E-state index is -1.52. The second-order valence-corrected chi connectivity index (χ2v) is 15.3. The summed E-state index contributed by atoms with van der Waals surface area (Å²) in [7, 11) is 0. The number of nitrogens with zero attached hydrogens (tertiary/aromatic N) is 6. The number of benzene rings is 4. The van der Waals surface area contributed by atoms with Crippen LogP contribution in [0.2, 0.25) is 0 Å². The highest BCUT2D eigenvalue weighted by atomic mass is 19.1. The van der Waals surface area contributed by atoms with Crippen molar-refractivity contribution in [3.8, 4) is 5.75 Å². The molecule has 1 amide bonds. The first-order valence-corrected chi connectivity index (χ1v) is 19.6. The second kappa shape index (κ2) is 15.7. The van der Waals surface area contributed by atoms with Gasteiger partial charge < -0.3 is 28.9 Å². The molecule has 0 radical (unpaired) electrons. The minimum absolute atomic E-state index is 0.0126. The molecule has 12 heteroatoms. The summed E-state index contributed by atoms with van der Waals surface area (Å²) in [5.41, 5.74) is 4.33. The third-order valence-corrected chi connectivity index (χ3v) is 11.6. The van der Waals surface area contributed by atoms with Crippen LogP contribution in [0.25, 0.3) is 0 Å². The molecule has 4 aromatic carbocycles. The number of hydrogen-bond donors (Lipinski definition) is 0. The highest BCUT2D eigenvalue weighted by molar-refractivity contribution is 5.88. The Labute approximate surface area is 326 Å². The highest BCUT2D eigenvalue weighted by Gasteiger charge is 2.52. The fourth-order valence-corrected chi connectivity index (χ4v) is 8.15. The molecule has 292 valence electrons. The number of carbonyl (C=O) groups excluding carboxylic acids is 1. The van der Waals surface area contributed by atoms with E-state index >= 15 is 4.39 Å². The van der Waals surface area contributed by atoms with Crippen LogP contribution in [-0.4, -0.2) is 68.7 Å². The monoisotopic (exact) mass is 762 g/mol. The van der Waals surface area contributed by atoms with Gasteiger partial charge in [-0.05, 0) is 86.8 Å². The summed E-state index contributed by atoms with van der Waals surface area (Å²) in [4.78, 5) is 23.9. The summed E-state index contributed by atoms with van der Waals surface area (Å²) in [6, 6.07) is 27.9. The van der Waals surface area contributed by atoms with Gasteiger partial charge in [-0.25, -0.2) is 8.78 Å². The predicted octanol–water partition coefficient (Wildman–Crippen LogP) is 8.83. The topological polar surface area (TPSA) is 91.6 Å². The van der Waals surface area contributed by atoms with Crippen LogP contribution >= 0.6 is 0 Å². The molecule has 2 saturated heterocycles. The van der Waals surface area contributed by atoms with E-state index in [1.807, 2.05) is 43.3 Å². The van der Waals surface area contributed by atoms with Crippen molar-refractivity contribution >= 4 is 29.3 Å². The van der Waals surface area contributed by atoms with Crippen molar-refractivity contribution in [2.45, 2.75) is 76.0 Å². The molecule has 0 aromatic heterocycles. The van der Waals surface area contributed by atoms with Crippen LogP contribution in [0.4, 0.5) is 25.8 Å². The van der Waals surface area contributed by atoms with E-state index in [-0.39, 0.29) is 43.2 Å². The number of amides is 1. The molecule has 4 aliphatic heterocycles. The normalized spacial score (nSPS) is 25.4. The van der Waals surface area contributed by atoms with E-state index in [2.05, 4.69) is 70.3 Å². The van der Waals surface area contributed by atoms with Crippen LogP contribution in [0, 0.1) is 11.6 Å². The molecule has 0 N–H and O–H groups in total. The molecular formula is C44H48F2N6O4. The number of ether oxygens (including phenoxy) is 3. The van der Waals surface area contributed by atoms with Crippen LogP contribution in [0.15, 0.2) is 106 Å². The second-order valence-electron chi connectivity index (χ2n) is 15.3. The lowest BCUT2D eigenvalue weighted by Gasteiger charge is -2.37. The first kappa shape index (κ1) is 37.7. The van der Waals surface area contributed by atoms with E-state index in [1.54, 1.807) is 11.2 Å².